The molecular weight excluding hydrogens is 138 g/mol. The molecule has 2 atom stereocenters. The van der Waals surface area contributed by atoms with Gasteiger partial charge in [-0.2, -0.15) is 0 Å². The van der Waals surface area contributed by atoms with Crippen LogP contribution in [0.5, 0.6) is 0 Å². The van der Waals surface area contributed by atoms with Crippen molar-refractivity contribution in [3.8, 4) is 0 Å². The Hall–Kier alpha value is -0.120. The second-order valence-corrected chi connectivity index (χ2v) is 4.02. The molecule has 2 unspecified atom stereocenters. The predicted molar refractivity (Wildman–Crippen MR) is 44.9 cm³/mol. The van der Waals surface area contributed by atoms with Crippen LogP contribution in [0.25, 0.3) is 0 Å². The van der Waals surface area contributed by atoms with E-state index < -0.39 is 0 Å². The molecule has 0 aromatic heterocycles. The largest absolute Gasteiger partial charge is 0.306 e. The molecule has 0 saturated carbocycles. The van der Waals surface area contributed by atoms with Crippen LogP contribution in [-0.2, 0) is 0 Å². The topological polar surface area (TPSA) is 32.5 Å². The fourth-order valence-corrected chi connectivity index (χ4v) is 2.43. The van der Waals surface area contributed by atoms with Gasteiger partial charge in [0.2, 0.25) is 0 Å². The maximum Gasteiger partial charge on any atom is 0.0172 e. The summed E-state index contributed by atoms with van der Waals surface area (Å²) in [5.74, 6) is 7.53. The highest BCUT2D eigenvalue weighted by molar-refractivity contribution is 4.87. The van der Waals surface area contributed by atoms with Gasteiger partial charge in [0, 0.05) is 26.2 Å². The Kier molecular flexibility index (Phi) is 1.87. The first-order valence-corrected chi connectivity index (χ1v) is 4.44. The Balaban J connectivity index is 1.97. The smallest absolute Gasteiger partial charge is 0.0172 e. The Morgan fingerprint density at radius 3 is 2.73 bits per heavy atom. The van der Waals surface area contributed by atoms with E-state index in [0.29, 0.717) is 0 Å². The molecule has 0 aromatic rings. The van der Waals surface area contributed by atoms with Crippen LogP contribution < -0.4 is 5.84 Å². The van der Waals surface area contributed by atoms with Gasteiger partial charge in [-0.3, -0.25) is 5.84 Å². The van der Waals surface area contributed by atoms with Gasteiger partial charge in [0.05, 0.1) is 0 Å². The highest BCUT2D eigenvalue weighted by Gasteiger charge is 2.34. The highest BCUT2D eigenvalue weighted by Crippen LogP contribution is 2.28. The SMILES string of the molecule is CN1CC2CCN(N)CC2C1. The number of likely N-dealkylation sites (tertiary alicyclic amines) is 1. The molecule has 2 aliphatic heterocycles. The molecule has 3 heteroatoms. The average molecular weight is 155 g/mol. The van der Waals surface area contributed by atoms with Gasteiger partial charge in [0.25, 0.3) is 0 Å². The first kappa shape index (κ1) is 7.53. The minimum absolute atomic E-state index is 0.846. The monoisotopic (exact) mass is 155 g/mol. The van der Waals surface area contributed by atoms with Gasteiger partial charge < -0.3 is 4.90 Å². The maximum atomic E-state index is 5.75. The van der Waals surface area contributed by atoms with E-state index in [2.05, 4.69) is 11.9 Å². The van der Waals surface area contributed by atoms with Gasteiger partial charge in [-0.25, -0.2) is 5.01 Å². The molecule has 0 aromatic carbocycles. The maximum absolute atomic E-state index is 5.75. The van der Waals surface area contributed by atoms with Crippen molar-refractivity contribution in [1.29, 1.82) is 0 Å². The second-order valence-electron chi connectivity index (χ2n) is 4.02. The van der Waals surface area contributed by atoms with E-state index in [0.717, 1.165) is 24.9 Å². The van der Waals surface area contributed by atoms with Crippen molar-refractivity contribution in [2.45, 2.75) is 6.42 Å². The van der Waals surface area contributed by atoms with E-state index in [9.17, 15) is 0 Å². The van der Waals surface area contributed by atoms with Crippen LogP contribution in [0.2, 0.25) is 0 Å². The zero-order valence-corrected chi connectivity index (χ0v) is 7.16. The van der Waals surface area contributed by atoms with E-state index in [1.165, 1.54) is 19.5 Å². The Morgan fingerprint density at radius 1 is 1.18 bits per heavy atom. The fraction of sp³-hybridized carbons (Fsp3) is 1.00. The number of nitrogens with zero attached hydrogens (tertiary/aromatic N) is 2. The normalized spacial score (nSPS) is 40.9. The first-order valence-electron chi connectivity index (χ1n) is 4.44. The third kappa shape index (κ3) is 1.41. The summed E-state index contributed by atoms with van der Waals surface area (Å²) < 4.78 is 0. The van der Waals surface area contributed by atoms with Gasteiger partial charge >= 0.3 is 0 Å². The molecule has 2 N–H and O–H groups in total. The number of nitrogens with two attached hydrogens (primary N) is 1. The molecule has 2 rings (SSSR count). The lowest BCUT2D eigenvalue weighted by Crippen LogP contribution is -2.43. The molecule has 2 fully saturated rings. The van der Waals surface area contributed by atoms with Crippen molar-refractivity contribution in [3.63, 3.8) is 0 Å². The standard InChI is InChI=1S/C8H17N3/c1-10-4-7-2-3-11(9)6-8(7)5-10/h7-8H,2-6,9H2,1H3. The van der Waals surface area contributed by atoms with Crippen LogP contribution in [0.3, 0.4) is 0 Å². The van der Waals surface area contributed by atoms with Crippen LogP contribution >= 0.6 is 0 Å². The van der Waals surface area contributed by atoms with Crippen LogP contribution in [0.4, 0.5) is 0 Å². The second kappa shape index (κ2) is 2.73. The van der Waals surface area contributed by atoms with E-state index >= 15 is 0 Å². The summed E-state index contributed by atoms with van der Waals surface area (Å²) >= 11 is 0. The van der Waals surface area contributed by atoms with Gasteiger partial charge in [0.15, 0.2) is 0 Å². The summed E-state index contributed by atoms with van der Waals surface area (Å²) in [6.45, 7) is 4.74. The Morgan fingerprint density at radius 2 is 1.91 bits per heavy atom. The molecular formula is C8H17N3. The molecule has 2 saturated heterocycles. The Labute approximate surface area is 68.1 Å². The van der Waals surface area contributed by atoms with Crippen LogP contribution in [0.15, 0.2) is 0 Å². The van der Waals surface area contributed by atoms with Crippen LogP contribution in [0.1, 0.15) is 6.42 Å². The zero-order valence-electron chi connectivity index (χ0n) is 7.16. The summed E-state index contributed by atoms with van der Waals surface area (Å²) in [4.78, 5) is 2.43. The summed E-state index contributed by atoms with van der Waals surface area (Å²) in [6.07, 6.45) is 1.30. The van der Waals surface area contributed by atoms with Gasteiger partial charge in [-0.1, -0.05) is 0 Å². The quantitative estimate of drug-likeness (QED) is 0.489. The Bertz CT molecular complexity index is 148. The number of hydrazine groups is 1. The lowest BCUT2D eigenvalue weighted by atomic mass is 9.90. The van der Waals surface area contributed by atoms with Crippen molar-refractivity contribution >= 4 is 0 Å². The summed E-state index contributed by atoms with van der Waals surface area (Å²) in [7, 11) is 2.21. The molecule has 0 bridgehead atoms. The third-order valence-corrected chi connectivity index (χ3v) is 3.02. The van der Waals surface area contributed by atoms with Gasteiger partial charge in [-0.05, 0) is 25.3 Å². The number of fused-ring (bicyclic) bond motifs is 1. The molecule has 0 radical (unpaired) electrons. The molecule has 3 nitrogen and oxygen atoms in total. The highest BCUT2D eigenvalue weighted by atomic mass is 15.4. The number of hydrogen-bond acceptors (Lipinski definition) is 3. The predicted octanol–water partition coefficient (Wildman–Crippen LogP) is -0.256. The molecule has 2 heterocycles. The van der Waals surface area contributed by atoms with Crippen molar-refractivity contribution in [1.82, 2.24) is 9.91 Å². The van der Waals surface area contributed by atoms with E-state index in [1.54, 1.807) is 0 Å². The average Bonchev–Trinajstić information content (AvgIpc) is 2.27. The molecule has 0 spiro atoms. The van der Waals surface area contributed by atoms with Crippen molar-refractivity contribution in [3.05, 3.63) is 0 Å². The van der Waals surface area contributed by atoms with E-state index in [1.807, 2.05) is 5.01 Å². The van der Waals surface area contributed by atoms with Crippen molar-refractivity contribution < 1.29 is 0 Å². The molecule has 2 aliphatic rings. The van der Waals surface area contributed by atoms with E-state index in [-0.39, 0.29) is 0 Å². The summed E-state index contributed by atoms with van der Waals surface area (Å²) in [5, 5.41) is 1.97. The molecule has 0 amide bonds. The zero-order chi connectivity index (χ0) is 7.84. The van der Waals surface area contributed by atoms with Gasteiger partial charge in [-0.15, -0.1) is 0 Å². The molecule has 11 heavy (non-hydrogen) atoms. The summed E-state index contributed by atoms with van der Waals surface area (Å²) in [5.41, 5.74) is 0. The van der Waals surface area contributed by atoms with Crippen LogP contribution in [-0.4, -0.2) is 43.1 Å². The molecule has 0 aliphatic carbocycles. The van der Waals surface area contributed by atoms with Crippen molar-refractivity contribution in [2.24, 2.45) is 17.7 Å². The number of piperidine rings is 1. The molecule has 64 valence electrons. The van der Waals surface area contributed by atoms with Crippen LogP contribution in [0, 0.1) is 11.8 Å². The lowest BCUT2D eigenvalue weighted by Gasteiger charge is -2.30. The minimum Gasteiger partial charge on any atom is -0.306 e. The van der Waals surface area contributed by atoms with E-state index in [4.69, 9.17) is 5.84 Å². The van der Waals surface area contributed by atoms with Crippen molar-refractivity contribution in [2.75, 3.05) is 33.2 Å². The fourth-order valence-electron chi connectivity index (χ4n) is 2.43. The number of rotatable bonds is 0. The van der Waals surface area contributed by atoms with Gasteiger partial charge in [0.1, 0.15) is 0 Å². The lowest BCUT2D eigenvalue weighted by molar-refractivity contribution is 0.151. The summed E-state index contributed by atoms with van der Waals surface area (Å²) in [6, 6.07) is 0. The third-order valence-electron chi connectivity index (χ3n) is 3.02. The number of hydrogen-bond donors (Lipinski definition) is 1. The minimum atomic E-state index is 0.846. The first-order chi connectivity index (χ1) is 5.25.